The van der Waals surface area contributed by atoms with E-state index < -0.39 is 5.97 Å². The number of carboxylic acid groups (broad SMARTS) is 1. The molecule has 2 N–H and O–H groups in total. The second kappa shape index (κ2) is 6.64. The van der Waals surface area contributed by atoms with Gasteiger partial charge in [0.05, 0.1) is 0 Å². The van der Waals surface area contributed by atoms with E-state index in [1.807, 2.05) is 43.3 Å². The fourth-order valence-corrected chi connectivity index (χ4v) is 1.47. The Hall–Kier alpha value is -2.04. The molecule has 0 fully saturated rings. The summed E-state index contributed by atoms with van der Waals surface area (Å²) in [4.78, 5) is 23.8. The lowest BCUT2D eigenvalue weighted by atomic mass is 10.2. The number of hydrogen-bond donors (Lipinski definition) is 2. The van der Waals surface area contributed by atoms with Crippen molar-refractivity contribution in [1.82, 2.24) is 0 Å². The Morgan fingerprint density at radius 1 is 1.17 bits per heavy atom. The minimum Gasteiger partial charge on any atom is -0.481 e. The van der Waals surface area contributed by atoms with Gasteiger partial charge >= 0.3 is 5.97 Å². The number of benzene rings is 1. The van der Waals surface area contributed by atoms with Crippen LogP contribution in [0, 0.1) is 0 Å². The molecule has 1 aromatic carbocycles. The van der Waals surface area contributed by atoms with Crippen LogP contribution in [-0.4, -0.2) is 31.1 Å². The molecule has 0 spiro atoms. The molecule has 1 amide bonds. The highest BCUT2D eigenvalue weighted by Crippen LogP contribution is 2.15. The first-order valence-electron chi connectivity index (χ1n) is 5.78. The molecular weight excluding hydrogens is 232 g/mol. The lowest BCUT2D eigenvalue weighted by Gasteiger charge is -2.13. The zero-order valence-corrected chi connectivity index (χ0v) is 10.6. The first-order chi connectivity index (χ1) is 8.49. The molecule has 0 aromatic heterocycles. The average Bonchev–Trinajstić information content (AvgIpc) is 2.29. The van der Waals surface area contributed by atoms with Gasteiger partial charge in [-0.15, -0.1) is 0 Å². The summed E-state index contributed by atoms with van der Waals surface area (Å²) < 4.78 is 0. The van der Waals surface area contributed by atoms with Gasteiger partial charge in [0.2, 0.25) is 5.91 Å². The van der Waals surface area contributed by atoms with Gasteiger partial charge in [-0.1, -0.05) is 0 Å². The molecule has 0 radical (unpaired) electrons. The maximum Gasteiger partial charge on any atom is 0.303 e. The number of rotatable bonds is 6. The molecule has 98 valence electrons. The molecule has 0 aliphatic rings. The Morgan fingerprint density at radius 2 is 1.78 bits per heavy atom. The van der Waals surface area contributed by atoms with Crippen LogP contribution < -0.4 is 10.2 Å². The minimum absolute atomic E-state index is 0.0208. The van der Waals surface area contributed by atoms with Gasteiger partial charge in [-0.2, -0.15) is 0 Å². The van der Waals surface area contributed by atoms with Crippen molar-refractivity contribution in [1.29, 1.82) is 0 Å². The van der Waals surface area contributed by atoms with Crippen molar-refractivity contribution in [3.8, 4) is 0 Å². The van der Waals surface area contributed by atoms with Gasteiger partial charge in [-0.3, -0.25) is 9.59 Å². The van der Waals surface area contributed by atoms with Crippen LogP contribution in [0.5, 0.6) is 0 Å². The van der Waals surface area contributed by atoms with E-state index >= 15 is 0 Å². The molecule has 1 rings (SSSR count). The SMILES string of the molecule is CN(C)c1ccc(NC(=O)CCCC(=O)O)cc1. The van der Waals surface area contributed by atoms with Gasteiger partial charge in [0.15, 0.2) is 0 Å². The normalized spacial score (nSPS) is 9.89. The molecule has 0 bridgehead atoms. The van der Waals surface area contributed by atoms with Crippen LogP contribution in [0.1, 0.15) is 19.3 Å². The van der Waals surface area contributed by atoms with Gasteiger partial charge in [-0.25, -0.2) is 0 Å². The fourth-order valence-electron chi connectivity index (χ4n) is 1.47. The first-order valence-corrected chi connectivity index (χ1v) is 5.78. The second-order valence-electron chi connectivity index (χ2n) is 4.24. The monoisotopic (exact) mass is 250 g/mol. The lowest BCUT2D eigenvalue weighted by Crippen LogP contribution is -2.12. The Morgan fingerprint density at radius 3 is 2.28 bits per heavy atom. The Labute approximate surface area is 106 Å². The summed E-state index contributed by atoms with van der Waals surface area (Å²) in [5.41, 5.74) is 1.78. The smallest absolute Gasteiger partial charge is 0.303 e. The predicted octanol–water partition coefficient (Wildman–Crippen LogP) is 1.95. The van der Waals surface area contributed by atoms with Crippen LogP contribution in [0.3, 0.4) is 0 Å². The second-order valence-corrected chi connectivity index (χ2v) is 4.24. The predicted molar refractivity (Wildman–Crippen MR) is 70.9 cm³/mol. The van der Waals surface area contributed by atoms with Crippen LogP contribution in [0.2, 0.25) is 0 Å². The number of carboxylic acids is 1. The average molecular weight is 250 g/mol. The van der Waals surface area contributed by atoms with Gasteiger partial charge in [-0.05, 0) is 30.7 Å². The van der Waals surface area contributed by atoms with Crippen LogP contribution >= 0.6 is 0 Å². The van der Waals surface area contributed by atoms with Crippen molar-refractivity contribution < 1.29 is 14.7 Å². The molecule has 5 nitrogen and oxygen atoms in total. The summed E-state index contributed by atoms with van der Waals surface area (Å²) in [6, 6.07) is 7.47. The molecule has 18 heavy (non-hydrogen) atoms. The van der Waals surface area contributed by atoms with Gasteiger partial charge in [0.1, 0.15) is 0 Å². The number of amides is 1. The molecule has 0 atom stereocenters. The van der Waals surface area contributed by atoms with E-state index in [9.17, 15) is 9.59 Å². The Kier molecular flexibility index (Phi) is 5.17. The third-order valence-electron chi connectivity index (χ3n) is 2.46. The highest BCUT2D eigenvalue weighted by molar-refractivity contribution is 5.91. The topological polar surface area (TPSA) is 69.6 Å². The zero-order chi connectivity index (χ0) is 13.5. The number of hydrogen-bond acceptors (Lipinski definition) is 3. The number of carbonyl (C=O) groups excluding carboxylic acids is 1. The molecule has 5 heteroatoms. The third-order valence-corrected chi connectivity index (χ3v) is 2.46. The fraction of sp³-hybridized carbons (Fsp3) is 0.385. The highest BCUT2D eigenvalue weighted by Gasteiger charge is 2.04. The minimum atomic E-state index is -0.877. The summed E-state index contributed by atoms with van der Waals surface area (Å²) in [5.74, 6) is -1.04. The summed E-state index contributed by atoms with van der Waals surface area (Å²) >= 11 is 0. The summed E-state index contributed by atoms with van der Waals surface area (Å²) in [5, 5.41) is 11.2. The molecule has 1 aromatic rings. The van der Waals surface area contributed by atoms with E-state index in [2.05, 4.69) is 5.32 Å². The largest absolute Gasteiger partial charge is 0.481 e. The molecule has 0 saturated carbocycles. The Bertz CT molecular complexity index is 413. The maximum atomic E-state index is 11.5. The van der Waals surface area contributed by atoms with E-state index in [4.69, 9.17) is 5.11 Å². The van der Waals surface area contributed by atoms with E-state index in [0.717, 1.165) is 11.4 Å². The number of aliphatic carboxylic acids is 1. The number of carbonyl (C=O) groups is 2. The van der Waals surface area contributed by atoms with Crippen LogP contribution in [0.15, 0.2) is 24.3 Å². The van der Waals surface area contributed by atoms with E-state index in [1.165, 1.54) is 0 Å². The van der Waals surface area contributed by atoms with Gasteiger partial charge in [0.25, 0.3) is 0 Å². The van der Waals surface area contributed by atoms with Crippen LogP contribution in [0.4, 0.5) is 11.4 Å². The van der Waals surface area contributed by atoms with Crippen molar-refractivity contribution >= 4 is 23.3 Å². The lowest BCUT2D eigenvalue weighted by molar-refractivity contribution is -0.137. The highest BCUT2D eigenvalue weighted by atomic mass is 16.4. The third kappa shape index (κ3) is 4.86. The number of nitrogens with one attached hydrogen (secondary N) is 1. The number of nitrogens with zero attached hydrogens (tertiary/aromatic N) is 1. The molecule has 0 heterocycles. The van der Waals surface area contributed by atoms with Crippen molar-refractivity contribution in [2.75, 3.05) is 24.3 Å². The van der Waals surface area contributed by atoms with E-state index in [0.29, 0.717) is 6.42 Å². The standard InChI is InChI=1S/C13H18N2O3/c1-15(2)11-8-6-10(7-9-11)14-12(16)4-3-5-13(17)18/h6-9H,3-5H2,1-2H3,(H,14,16)(H,17,18). The van der Waals surface area contributed by atoms with Crippen molar-refractivity contribution in [3.05, 3.63) is 24.3 Å². The molecule has 0 aliphatic heterocycles. The summed E-state index contributed by atoms with van der Waals surface area (Å²) in [7, 11) is 3.89. The van der Waals surface area contributed by atoms with E-state index in [-0.39, 0.29) is 18.7 Å². The van der Waals surface area contributed by atoms with Gasteiger partial charge < -0.3 is 15.3 Å². The quantitative estimate of drug-likeness (QED) is 0.809. The van der Waals surface area contributed by atoms with Crippen molar-refractivity contribution in [3.63, 3.8) is 0 Å². The first kappa shape index (κ1) is 14.0. The van der Waals surface area contributed by atoms with Crippen molar-refractivity contribution in [2.24, 2.45) is 0 Å². The van der Waals surface area contributed by atoms with Gasteiger partial charge in [0, 0.05) is 38.3 Å². The summed E-state index contributed by atoms with van der Waals surface area (Å²) in [6.45, 7) is 0. The number of anilines is 2. The Balaban J connectivity index is 2.42. The zero-order valence-electron chi connectivity index (χ0n) is 10.6. The summed E-state index contributed by atoms with van der Waals surface area (Å²) in [6.07, 6.45) is 0.603. The van der Waals surface area contributed by atoms with Crippen LogP contribution in [-0.2, 0) is 9.59 Å². The maximum absolute atomic E-state index is 11.5. The molecule has 0 aliphatic carbocycles. The van der Waals surface area contributed by atoms with Crippen molar-refractivity contribution in [2.45, 2.75) is 19.3 Å². The molecule has 0 unspecified atom stereocenters. The van der Waals surface area contributed by atoms with Crippen LogP contribution in [0.25, 0.3) is 0 Å². The molecular formula is C13H18N2O3. The molecule has 0 saturated heterocycles. The van der Waals surface area contributed by atoms with E-state index in [1.54, 1.807) is 0 Å².